The molecule has 1 aliphatic rings. The van der Waals surface area contributed by atoms with Crippen molar-refractivity contribution in [1.29, 1.82) is 0 Å². The minimum atomic E-state index is -3.91. The number of benzene rings is 3. The van der Waals surface area contributed by atoms with E-state index in [1.807, 2.05) is 24.3 Å². The first-order chi connectivity index (χ1) is 14.8. The molecule has 0 unspecified atom stereocenters. The van der Waals surface area contributed by atoms with Crippen LogP contribution in [0.2, 0.25) is 0 Å². The van der Waals surface area contributed by atoms with Crippen molar-refractivity contribution in [2.45, 2.75) is 29.6 Å². The zero-order valence-corrected chi connectivity index (χ0v) is 18.7. The molecule has 31 heavy (non-hydrogen) atoms. The molecular weight excluding hydrogens is 436 g/mol. The zero-order chi connectivity index (χ0) is 22.1. The molecule has 7 nitrogen and oxygen atoms in total. The highest BCUT2D eigenvalue weighted by Crippen LogP contribution is 2.32. The number of hydrogen-bond acceptors (Lipinski definition) is 5. The normalized spacial score (nSPS) is 15.3. The van der Waals surface area contributed by atoms with Gasteiger partial charge in [-0.05, 0) is 60.9 Å². The van der Waals surface area contributed by atoms with E-state index in [0.29, 0.717) is 19.7 Å². The molecule has 0 aliphatic carbocycles. The van der Waals surface area contributed by atoms with E-state index in [0.717, 1.165) is 23.6 Å². The summed E-state index contributed by atoms with van der Waals surface area (Å²) in [5.41, 5.74) is 0.161. The summed E-state index contributed by atoms with van der Waals surface area (Å²) in [5.74, 6) is 0.211. The Morgan fingerprint density at radius 1 is 0.903 bits per heavy atom. The van der Waals surface area contributed by atoms with Gasteiger partial charge in [0.25, 0.3) is 10.0 Å². The summed E-state index contributed by atoms with van der Waals surface area (Å²) in [5, 5.41) is 1.73. The van der Waals surface area contributed by atoms with E-state index < -0.39 is 20.0 Å². The summed E-state index contributed by atoms with van der Waals surface area (Å²) in [6, 6.07) is 16.7. The lowest BCUT2D eigenvalue weighted by Crippen LogP contribution is -2.28. The Kier molecular flexibility index (Phi) is 5.92. The van der Waals surface area contributed by atoms with Gasteiger partial charge in [0.15, 0.2) is 0 Å². The highest BCUT2D eigenvalue weighted by molar-refractivity contribution is 7.92. The molecule has 1 fully saturated rings. The lowest BCUT2D eigenvalue weighted by Gasteiger charge is -2.19. The second-order valence-corrected chi connectivity index (χ2v) is 10.9. The summed E-state index contributed by atoms with van der Waals surface area (Å²) >= 11 is 0. The lowest BCUT2D eigenvalue weighted by molar-refractivity contribution is 0.330. The van der Waals surface area contributed by atoms with Crippen molar-refractivity contribution in [3.05, 3.63) is 60.7 Å². The average Bonchev–Trinajstić information content (AvgIpc) is 3.30. The van der Waals surface area contributed by atoms with Gasteiger partial charge in [-0.15, -0.1) is 0 Å². The van der Waals surface area contributed by atoms with Gasteiger partial charge in [-0.3, -0.25) is 4.72 Å². The third-order valence-electron chi connectivity index (χ3n) is 5.21. The van der Waals surface area contributed by atoms with Crippen LogP contribution in [0.25, 0.3) is 10.8 Å². The maximum absolute atomic E-state index is 13.1. The van der Waals surface area contributed by atoms with Gasteiger partial charge in [0, 0.05) is 13.1 Å². The first-order valence-electron chi connectivity index (χ1n) is 10.1. The first-order valence-corrected chi connectivity index (χ1v) is 13.0. The molecule has 0 spiro atoms. The third-order valence-corrected chi connectivity index (χ3v) is 8.51. The van der Waals surface area contributed by atoms with E-state index >= 15 is 0 Å². The van der Waals surface area contributed by atoms with Gasteiger partial charge in [-0.2, -0.15) is 4.31 Å². The predicted octanol–water partition coefficient (Wildman–Crippen LogP) is 3.82. The maximum Gasteiger partial charge on any atom is 0.261 e. The first kappa shape index (κ1) is 21.6. The van der Waals surface area contributed by atoms with E-state index in [1.54, 1.807) is 19.1 Å². The monoisotopic (exact) mass is 460 g/mol. The fourth-order valence-electron chi connectivity index (χ4n) is 3.66. The van der Waals surface area contributed by atoms with Crippen LogP contribution in [-0.2, 0) is 20.0 Å². The molecule has 0 aromatic heterocycles. The van der Waals surface area contributed by atoms with E-state index in [-0.39, 0.29) is 21.2 Å². The molecule has 1 saturated heterocycles. The number of ether oxygens (including phenoxy) is 1. The van der Waals surface area contributed by atoms with E-state index in [4.69, 9.17) is 4.74 Å². The summed E-state index contributed by atoms with van der Waals surface area (Å²) < 4.78 is 61.6. The van der Waals surface area contributed by atoms with Gasteiger partial charge in [-0.25, -0.2) is 16.8 Å². The van der Waals surface area contributed by atoms with Crippen LogP contribution in [0.1, 0.15) is 19.8 Å². The Morgan fingerprint density at radius 2 is 1.61 bits per heavy atom. The van der Waals surface area contributed by atoms with Crippen LogP contribution in [0.15, 0.2) is 70.5 Å². The number of fused-ring (bicyclic) bond motifs is 1. The van der Waals surface area contributed by atoms with Gasteiger partial charge in [0.05, 0.1) is 17.2 Å². The minimum Gasteiger partial charge on any atom is -0.492 e. The number of nitrogens with zero attached hydrogens (tertiary/aromatic N) is 1. The molecule has 0 bridgehead atoms. The molecular formula is C22H24N2O5S2. The summed E-state index contributed by atoms with van der Waals surface area (Å²) in [6.45, 7) is 2.95. The summed E-state index contributed by atoms with van der Waals surface area (Å²) in [7, 11) is -7.70. The molecule has 164 valence electrons. The zero-order valence-electron chi connectivity index (χ0n) is 17.1. The molecule has 1 heterocycles. The quantitative estimate of drug-likeness (QED) is 0.579. The Morgan fingerprint density at radius 3 is 2.32 bits per heavy atom. The van der Waals surface area contributed by atoms with E-state index in [1.165, 1.54) is 28.6 Å². The smallest absolute Gasteiger partial charge is 0.261 e. The number of sulfonamides is 2. The largest absolute Gasteiger partial charge is 0.492 e. The van der Waals surface area contributed by atoms with Gasteiger partial charge < -0.3 is 4.74 Å². The van der Waals surface area contributed by atoms with E-state index in [9.17, 15) is 16.8 Å². The van der Waals surface area contributed by atoms with E-state index in [2.05, 4.69) is 4.72 Å². The van der Waals surface area contributed by atoms with Crippen LogP contribution >= 0.6 is 0 Å². The highest BCUT2D eigenvalue weighted by Gasteiger charge is 2.30. The average molecular weight is 461 g/mol. The van der Waals surface area contributed by atoms with Gasteiger partial charge in [-0.1, -0.05) is 30.3 Å². The Bertz CT molecular complexity index is 1310. The maximum atomic E-state index is 13.1. The Labute approximate surface area is 182 Å². The van der Waals surface area contributed by atoms with Crippen molar-refractivity contribution < 1.29 is 21.6 Å². The van der Waals surface area contributed by atoms with Gasteiger partial charge in [0.1, 0.15) is 10.6 Å². The van der Waals surface area contributed by atoms with Gasteiger partial charge >= 0.3 is 0 Å². The number of rotatable bonds is 7. The molecule has 4 rings (SSSR count). The second kappa shape index (κ2) is 8.49. The van der Waals surface area contributed by atoms with Crippen LogP contribution in [-0.4, -0.2) is 40.8 Å². The summed E-state index contributed by atoms with van der Waals surface area (Å²) in [4.78, 5) is 0.0685. The Balaban J connectivity index is 1.70. The Hall–Kier alpha value is -2.62. The van der Waals surface area contributed by atoms with Crippen molar-refractivity contribution >= 4 is 36.5 Å². The SMILES string of the molecule is CCOc1ccc(NS(=O)(=O)c2ccc3ccccc3c2)cc1S(=O)(=O)N1CCCC1. The van der Waals surface area contributed by atoms with Crippen molar-refractivity contribution in [2.75, 3.05) is 24.4 Å². The van der Waals surface area contributed by atoms with Crippen LogP contribution in [0, 0.1) is 0 Å². The highest BCUT2D eigenvalue weighted by atomic mass is 32.2. The lowest BCUT2D eigenvalue weighted by atomic mass is 10.1. The third kappa shape index (κ3) is 4.39. The fraction of sp³-hybridized carbons (Fsp3) is 0.273. The number of nitrogens with one attached hydrogen (secondary N) is 1. The molecule has 3 aromatic rings. The van der Waals surface area contributed by atoms with Crippen LogP contribution < -0.4 is 9.46 Å². The van der Waals surface area contributed by atoms with Gasteiger partial charge in [0.2, 0.25) is 10.0 Å². The van der Waals surface area contributed by atoms with Crippen molar-refractivity contribution in [3.63, 3.8) is 0 Å². The molecule has 1 N–H and O–H groups in total. The second-order valence-electron chi connectivity index (χ2n) is 7.32. The topological polar surface area (TPSA) is 92.8 Å². The van der Waals surface area contributed by atoms with Crippen LogP contribution in [0.4, 0.5) is 5.69 Å². The molecule has 3 aromatic carbocycles. The van der Waals surface area contributed by atoms with Crippen molar-refractivity contribution in [1.82, 2.24) is 4.31 Å². The molecule has 0 saturated carbocycles. The summed E-state index contributed by atoms with van der Waals surface area (Å²) in [6.07, 6.45) is 1.61. The molecule has 0 atom stereocenters. The molecule has 9 heteroatoms. The molecule has 0 amide bonds. The van der Waals surface area contributed by atoms with Crippen LogP contribution in [0.3, 0.4) is 0 Å². The standard InChI is InChI=1S/C22H24N2O5S2/c1-2-29-21-12-10-19(16-22(21)31(27,28)24-13-5-6-14-24)23-30(25,26)20-11-9-17-7-3-4-8-18(17)15-20/h3-4,7-12,15-16,23H,2,5-6,13-14H2,1H3. The van der Waals surface area contributed by atoms with Crippen molar-refractivity contribution in [2.24, 2.45) is 0 Å². The number of anilines is 1. The molecule has 1 aliphatic heterocycles. The fourth-order valence-corrected chi connectivity index (χ4v) is 6.42. The minimum absolute atomic E-state index is 0.0324. The van der Waals surface area contributed by atoms with Crippen LogP contribution in [0.5, 0.6) is 5.75 Å². The van der Waals surface area contributed by atoms with Crippen molar-refractivity contribution in [3.8, 4) is 5.75 Å². The molecule has 0 radical (unpaired) electrons. The predicted molar refractivity (Wildman–Crippen MR) is 120 cm³/mol. The number of hydrogen-bond donors (Lipinski definition) is 1.